The minimum Gasteiger partial charge on any atom is -0.277 e. The van der Waals surface area contributed by atoms with Gasteiger partial charge in [-0.05, 0) is 36.2 Å². The van der Waals surface area contributed by atoms with Crippen LogP contribution in [0.25, 0.3) is 0 Å². The maximum Gasteiger partial charge on any atom is 0.182 e. The molecule has 0 fully saturated rings. The standard InChI is InChI=1S/C15H12Cl2N4/c16-13-4-3-11(8-14(13)17)5-7-20-15(21-10-18)12-2-1-6-19-9-12/h1-4,6,8-9H,5,7H2,(H,20,21). The molecule has 0 aliphatic rings. The van der Waals surface area contributed by atoms with Gasteiger partial charge in [0.1, 0.15) is 5.84 Å². The minimum atomic E-state index is 0.505. The molecule has 1 N–H and O–H groups in total. The first kappa shape index (κ1) is 15.3. The van der Waals surface area contributed by atoms with Crippen molar-refractivity contribution in [1.29, 1.82) is 5.26 Å². The summed E-state index contributed by atoms with van der Waals surface area (Å²) >= 11 is 11.8. The van der Waals surface area contributed by atoms with Gasteiger partial charge in [0.2, 0.25) is 0 Å². The molecule has 0 bridgehead atoms. The summed E-state index contributed by atoms with van der Waals surface area (Å²) in [7, 11) is 0. The fourth-order valence-electron chi connectivity index (χ4n) is 1.75. The predicted molar refractivity (Wildman–Crippen MR) is 84.6 cm³/mol. The Morgan fingerprint density at radius 1 is 1.29 bits per heavy atom. The second-order valence-corrected chi connectivity index (χ2v) is 5.02. The molecule has 1 aromatic heterocycles. The first-order valence-electron chi connectivity index (χ1n) is 6.24. The largest absolute Gasteiger partial charge is 0.277 e. The Labute approximate surface area is 133 Å². The van der Waals surface area contributed by atoms with Gasteiger partial charge in [0.05, 0.1) is 10.0 Å². The second-order valence-electron chi connectivity index (χ2n) is 4.21. The number of amidine groups is 1. The van der Waals surface area contributed by atoms with Crippen LogP contribution in [0, 0.1) is 11.5 Å². The van der Waals surface area contributed by atoms with E-state index < -0.39 is 0 Å². The summed E-state index contributed by atoms with van der Waals surface area (Å²) in [6.07, 6.45) is 5.91. The lowest BCUT2D eigenvalue weighted by atomic mass is 10.1. The molecule has 0 aliphatic carbocycles. The molecule has 0 aliphatic heterocycles. The van der Waals surface area contributed by atoms with Crippen molar-refractivity contribution in [2.24, 2.45) is 4.99 Å². The smallest absolute Gasteiger partial charge is 0.182 e. The predicted octanol–water partition coefficient (Wildman–Crippen LogP) is 3.45. The zero-order valence-electron chi connectivity index (χ0n) is 11.1. The number of nitrogens with one attached hydrogen (secondary N) is 1. The number of aromatic nitrogens is 1. The molecule has 0 amide bonds. The van der Waals surface area contributed by atoms with E-state index in [-0.39, 0.29) is 0 Å². The van der Waals surface area contributed by atoms with Gasteiger partial charge in [0.15, 0.2) is 6.19 Å². The van der Waals surface area contributed by atoms with E-state index in [1.54, 1.807) is 24.5 Å². The molecule has 1 heterocycles. The van der Waals surface area contributed by atoms with Crippen molar-refractivity contribution in [3.05, 3.63) is 63.9 Å². The van der Waals surface area contributed by atoms with Crippen LogP contribution >= 0.6 is 23.2 Å². The summed E-state index contributed by atoms with van der Waals surface area (Å²) in [6, 6.07) is 9.13. The Balaban J connectivity index is 2.07. The molecule has 2 rings (SSSR count). The fourth-order valence-corrected chi connectivity index (χ4v) is 2.07. The number of benzene rings is 1. The molecule has 0 saturated heterocycles. The van der Waals surface area contributed by atoms with Crippen LogP contribution in [0.15, 0.2) is 47.7 Å². The lowest BCUT2D eigenvalue weighted by Crippen LogP contribution is -2.20. The SMILES string of the molecule is N#CNC(=NCCc1ccc(Cl)c(Cl)c1)c1cccnc1. The zero-order valence-corrected chi connectivity index (χ0v) is 12.6. The van der Waals surface area contributed by atoms with Crippen LogP contribution in [0.5, 0.6) is 0 Å². The van der Waals surface area contributed by atoms with Crippen LogP contribution in [-0.4, -0.2) is 17.4 Å². The number of halogens is 2. The average Bonchev–Trinajstić information content (AvgIpc) is 2.51. The van der Waals surface area contributed by atoms with E-state index >= 15 is 0 Å². The molecular weight excluding hydrogens is 307 g/mol. The van der Waals surface area contributed by atoms with Gasteiger partial charge in [0, 0.05) is 24.5 Å². The monoisotopic (exact) mass is 318 g/mol. The Morgan fingerprint density at radius 3 is 2.81 bits per heavy atom. The number of hydrogen-bond donors (Lipinski definition) is 1. The fraction of sp³-hybridized carbons (Fsp3) is 0.133. The molecule has 0 radical (unpaired) electrons. The van der Waals surface area contributed by atoms with Crippen molar-refractivity contribution in [2.75, 3.05) is 6.54 Å². The topological polar surface area (TPSA) is 61.1 Å². The van der Waals surface area contributed by atoms with Crippen LogP contribution in [0.4, 0.5) is 0 Å². The number of hydrogen-bond acceptors (Lipinski definition) is 3. The molecule has 0 saturated carbocycles. The molecule has 106 valence electrons. The van der Waals surface area contributed by atoms with Crippen LogP contribution in [0.1, 0.15) is 11.1 Å². The molecule has 6 heteroatoms. The van der Waals surface area contributed by atoms with Crippen LogP contribution in [0.2, 0.25) is 10.0 Å². The molecule has 4 nitrogen and oxygen atoms in total. The Morgan fingerprint density at radius 2 is 2.14 bits per heavy atom. The highest BCUT2D eigenvalue weighted by molar-refractivity contribution is 6.42. The molecule has 21 heavy (non-hydrogen) atoms. The summed E-state index contributed by atoms with van der Waals surface area (Å²) in [5.41, 5.74) is 1.81. The molecule has 0 unspecified atom stereocenters. The summed E-state index contributed by atoms with van der Waals surface area (Å²) in [5.74, 6) is 0.505. The van der Waals surface area contributed by atoms with Crippen molar-refractivity contribution in [1.82, 2.24) is 10.3 Å². The molecule has 0 atom stereocenters. The lowest BCUT2D eigenvalue weighted by Gasteiger charge is -2.05. The van der Waals surface area contributed by atoms with E-state index in [0.717, 1.165) is 11.1 Å². The van der Waals surface area contributed by atoms with Crippen LogP contribution in [0.3, 0.4) is 0 Å². The van der Waals surface area contributed by atoms with Gasteiger partial charge in [-0.2, -0.15) is 5.26 Å². The number of aliphatic imine (C=N–C) groups is 1. The first-order chi connectivity index (χ1) is 10.2. The molecule has 2 aromatic rings. The third-order valence-corrected chi connectivity index (χ3v) is 3.50. The summed E-state index contributed by atoms with van der Waals surface area (Å²) in [4.78, 5) is 8.41. The van der Waals surface area contributed by atoms with E-state index in [1.807, 2.05) is 24.4 Å². The summed E-state index contributed by atoms with van der Waals surface area (Å²) in [5, 5.41) is 12.4. The van der Waals surface area contributed by atoms with Gasteiger partial charge in [-0.15, -0.1) is 0 Å². The Kier molecular flexibility index (Phi) is 5.56. The van der Waals surface area contributed by atoms with Crippen LogP contribution in [-0.2, 0) is 6.42 Å². The minimum absolute atomic E-state index is 0.505. The number of nitrogens with zero attached hydrogens (tertiary/aromatic N) is 3. The maximum absolute atomic E-state index is 8.79. The van der Waals surface area contributed by atoms with Gasteiger partial charge in [-0.3, -0.25) is 15.3 Å². The van der Waals surface area contributed by atoms with Crippen molar-refractivity contribution in [3.8, 4) is 6.19 Å². The zero-order chi connectivity index (χ0) is 15.1. The first-order valence-corrected chi connectivity index (χ1v) is 7.00. The van der Waals surface area contributed by atoms with Crippen LogP contribution < -0.4 is 5.32 Å². The van der Waals surface area contributed by atoms with Gasteiger partial charge in [-0.25, -0.2) is 0 Å². The van der Waals surface area contributed by atoms with Gasteiger partial charge in [0.25, 0.3) is 0 Å². The average molecular weight is 319 g/mol. The molecule has 0 spiro atoms. The highest BCUT2D eigenvalue weighted by Crippen LogP contribution is 2.22. The van der Waals surface area contributed by atoms with E-state index in [0.29, 0.717) is 28.8 Å². The maximum atomic E-state index is 8.79. The molecule has 1 aromatic carbocycles. The lowest BCUT2D eigenvalue weighted by molar-refractivity contribution is 0.958. The van der Waals surface area contributed by atoms with E-state index in [4.69, 9.17) is 28.5 Å². The van der Waals surface area contributed by atoms with Crippen molar-refractivity contribution in [2.45, 2.75) is 6.42 Å². The van der Waals surface area contributed by atoms with E-state index in [2.05, 4.69) is 15.3 Å². The second kappa shape index (κ2) is 7.63. The highest BCUT2D eigenvalue weighted by Gasteiger charge is 2.03. The molecular formula is C15H12Cl2N4. The Hall–Kier alpha value is -2.09. The third-order valence-electron chi connectivity index (χ3n) is 2.76. The van der Waals surface area contributed by atoms with Gasteiger partial charge < -0.3 is 0 Å². The van der Waals surface area contributed by atoms with Crippen molar-refractivity contribution in [3.63, 3.8) is 0 Å². The summed E-state index contributed by atoms with van der Waals surface area (Å²) in [6.45, 7) is 0.525. The number of nitriles is 1. The van der Waals surface area contributed by atoms with E-state index in [1.165, 1.54) is 0 Å². The number of rotatable bonds is 4. The third kappa shape index (κ3) is 4.45. The van der Waals surface area contributed by atoms with Gasteiger partial charge >= 0.3 is 0 Å². The highest BCUT2D eigenvalue weighted by atomic mass is 35.5. The van der Waals surface area contributed by atoms with Gasteiger partial charge in [-0.1, -0.05) is 29.3 Å². The van der Waals surface area contributed by atoms with Crippen molar-refractivity contribution < 1.29 is 0 Å². The summed E-state index contributed by atoms with van der Waals surface area (Å²) < 4.78 is 0. The van der Waals surface area contributed by atoms with E-state index in [9.17, 15) is 0 Å². The van der Waals surface area contributed by atoms with Crippen molar-refractivity contribution >= 4 is 29.0 Å². The Bertz CT molecular complexity index is 678. The quantitative estimate of drug-likeness (QED) is 0.406. The number of pyridine rings is 1. The normalized spacial score (nSPS) is 11.0.